The van der Waals surface area contributed by atoms with Crippen molar-refractivity contribution in [3.8, 4) is 29.0 Å². The lowest BCUT2D eigenvalue weighted by Crippen LogP contribution is -1.98. The summed E-state index contributed by atoms with van der Waals surface area (Å²) in [6.45, 7) is 2.43. The van der Waals surface area contributed by atoms with Gasteiger partial charge in [-0.3, -0.25) is 0 Å². The third-order valence-corrected chi connectivity index (χ3v) is 2.64. The molecule has 0 atom stereocenters. The van der Waals surface area contributed by atoms with Gasteiger partial charge in [0.2, 0.25) is 0 Å². The first kappa shape index (κ1) is 12.9. The van der Waals surface area contributed by atoms with E-state index >= 15 is 0 Å². The van der Waals surface area contributed by atoms with Gasteiger partial charge in [-0.05, 0) is 31.2 Å². The Bertz CT molecular complexity index is 601. The number of aromatic nitrogens is 1. The van der Waals surface area contributed by atoms with Crippen molar-refractivity contribution in [1.29, 1.82) is 5.26 Å². The van der Waals surface area contributed by atoms with Gasteiger partial charge in [0.25, 0.3) is 5.88 Å². The molecule has 0 saturated heterocycles. The second-order valence-electron chi connectivity index (χ2n) is 3.83. The lowest BCUT2D eigenvalue weighted by Gasteiger charge is -2.09. The van der Waals surface area contributed by atoms with E-state index in [1.165, 1.54) is 0 Å². The highest BCUT2D eigenvalue weighted by Crippen LogP contribution is 2.28. The Morgan fingerprint density at radius 3 is 2.47 bits per heavy atom. The van der Waals surface area contributed by atoms with Crippen LogP contribution in [0.25, 0.3) is 11.3 Å². The highest BCUT2D eigenvalue weighted by Gasteiger charge is 2.08. The first-order valence-corrected chi connectivity index (χ1v) is 5.97. The summed E-state index contributed by atoms with van der Waals surface area (Å²) in [6.07, 6.45) is 0. The molecule has 0 aliphatic rings. The van der Waals surface area contributed by atoms with E-state index < -0.39 is 0 Å². The molecule has 0 N–H and O–H groups in total. The maximum absolute atomic E-state index is 8.78. The molecule has 2 aromatic rings. The molecule has 0 aliphatic carbocycles. The summed E-state index contributed by atoms with van der Waals surface area (Å²) >= 11 is 0. The minimum atomic E-state index is 0.479. The van der Waals surface area contributed by atoms with E-state index in [0.29, 0.717) is 23.8 Å². The molecule has 0 saturated carbocycles. The quantitative estimate of drug-likeness (QED) is 0.841. The predicted molar refractivity (Wildman–Crippen MR) is 72.1 cm³/mol. The van der Waals surface area contributed by atoms with Crippen molar-refractivity contribution < 1.29 is 9.47 Å². The number of methoxy groups -OCH3 is 1. The minimum absolute atomic E-state index is 0.479. The van der Waals surface area contributed by atoms with E-state index in [-0.39, 0.29) is 0 Å². The van der Waals surface area contributed by atoms with E-state index in [2.05, 4.69) is 11.1 Å². The summed E-state index contributed by atoms with van der Waals surface area (Å²) in [5, 5.41) is 8.78. The number of hydrogen-bond acceptors (Lipinski definition) is 4. The van der Waals surface area contributed by atoms with Crippen LogP contribution in [0.15, 0.2) is 36.4 Å². The molecule has 0 unspecified atom stereocenters. The van der Waals surface area contributed by atoms with Crippen molar-refractivity contribution in [1.82, 2.24) is 4.98 Å². The molecule has 0 amide bonds. The summed E-state index contributed by atoms with van der Waals surface area (Å²) in [4.78, 5) is 4.43. The Morgan fingerprint density at radius 2 is 1.89 bits per heavy atom. The Labute approximate surface area is 112 Å². The van der Waals surface area contributed by atoms with Crippen molar-refractivity contribution in [2.75, 3.05) is 13.7 Å². The number of pyridine rings is 1. The first-order valence-electron chi connectivity index (χ1n) is 5.97. The van der Waals surface area contributed by atoms with Gasteiger partial charge in [0.15, 0.2) is 5.75 Å². The first-order chi connectivity index (χ1) is 9.28. The smallest absolute Gasteiger partial charge is 0.257 e. The number of nitrogens with zero attached hydrogens (tertiary/aromatic N) is 2. The molecule has 1 aromatic carbocycles. The van der Waals surface area contributed by atoms with Crippen LogP contribution in [-0.2, 0) is 0 Å². The number of nitriles is 1. The fraction of sp³-hybridized carbons (Fsp3) is 0.200. The molecule has 19 heavy (non-hydrogen) atoms. The van der Waals surface area contributed by atoms with Gasteiger partial charge in [0.05, 0.1) is 31.0 Å². The van der Waals surface area contributed by atoms with Crippen molar-refractivity contribution >= 4 is 0 Å². The van der Waals surface area contributed by atoms with Crippen molar-refractivity contribution in [2.45, 2.75) is 6.92 Å². The zero-order valence-electron chi connectivity index (χ0n) is 10.9. The van der Waals surface area contributed by atoms with Crippen molar-refractivity contribution in [2.24, 2.45) is 0 Å². The van der Waals surface area contributed by atoms with Crippen LogP contribution in [0, 0.1) is 11.3 Å². The number of hydrogen-bond donors (Lipinski definition) is 0. The molecule has 4 heteroatoms. The van der Waals surface area contributed by atoms with Gasteiger partial charge in [-0.1, -0.05) is 12.1 Å². The van der Waals surface area contributed by atoms with Gasteiger partial charge in [-0.2, -0.15) is 5.26 Å². The molecule has 1 aromatic heterocycles. The third kappa shape index (κ3) is 2.83. The molecule has 0 fully saturated rings. The van der Waals surface area contributed by atoms with Crippen LogP contribution in [0.5, 0.6) is 11.6 Å². The monoisotopic (exact) mass is 254 g/mol. The maximum Gasteiger partial charge on any atom is 0.257 e. The Balaban J connectivity index is 2.39. The van der Waals surface area contributed by atoms with Gasteiger partial charge in [-0.15, -0.1) is 0 Å². The van der Waals surface area contributed by atoms with Crippen molar-refractivity contribution in [3.63, 3.8) is 0 Å². The predicted octanol–water partition coefficient (Wildman–Crippen LogP) is 3.03. The zero-order chi connectivity index (χ0) is 13.7. The van der Waals surface area contributed by atoms with E-state index in [1.54, 1.807) is 19.2 Å². The summed E-state index contributed by atoms with van der Waals surface area (Å²) in [5.74, 6) is 1.09. The molecule has 96 valence electrons. The SMILES string of the molecule is CCOc1nc(-c2ccc(C#N)cc2)ccc1OC. The lowest BCUT2D eigenvalue weighted by atomic mass is 10.1. The average molecular weight is 254 g/mol. The number of ether oxygens (including phenoxy) is 2. The Hall–Kier alpha value is -2.54. The zero-order valence-corrected chi connectivity index (χ0v) is 10.9. The van der Waals surface area contributed by atoms with E-state index in [0.717, 1.165) is 11.3 Å². The summed E-state index contributed by atoms with van der Waals surface area (Å²) in [7, 11) is 1.58. The summed E-state index contributed by atoms with van der Waals surface area (Å²) < 4.78 is 10.6. The normalized spacial score (nSPS) is 9.74. The highest BCUT2D eigenvalue weighted by atomic mass is 16.5. The van der Waals surface area contributed by atoms with E-state index in [4.69, 9.17) is 14.7 Å². The van der Waals surface area contributed by atoms with Crippen LogP contribution >= 0.6 is 0 Å². The molecule has 2 rings (SSSR count). The molecule has 4 nitrogen and oxygen atoms in total. The molecule has 0 aliphatic heterocycles. The summed E-state index contributed by atoms with van der Waals surface area (Å²) in [6, 6.07) is 13.0. The van der Waals surface area contributed by atoms with E-state index in [1.807, 2.05) is 31.2 Å². The van der Waals surface area contributed by atoms with Crippen LogP contribution in [0.3, 0.4) is 0 Å². The van der Waals surface area contributed by atoms with Crippen molar-refractivity contribution in [3.05, 3.63) is 42.0 Å². The van der Waals surface area contributed by atoms with Gasteiger partial charge < -0.3 is 9.47 Å². The summed E-state index contributed by atoms with van der Waals surface area (Å²) in [5.41, 5.74) is 2.35. The molecular weight excluding hydrogens is 240 g/mol. The van der Waals surface area contributed by atoms with Crippen LogP contribution in [0.4, 0.5) is 0 Å². The second-order valence-corrected chi connectivity index (χ2v) is 3.83. The molecule has 1 heterocycles. The molecular formula is C15H14N2O2. The molecule has 0 radical (unpaired) electrons. The van der Waals surface area contributed by atoms with E-state index in [9.17, 15) is 0 Å². The third-order valence-electron chi connectivity index (χ3n) is 2.64. The van der Waals surface area contributed by atoms with Crippen LogP contribution in [-0.4, -0.2) is 18.7 Å². The maximum atomic E-state index is 8.78. The second kappa shape index (κ2) is 5.87. The van der Waals surface area contributed by atoms with Crippen LogP contribution in [0.2, 0.25) is 0 Å². The Morgan fingerprint density at radius 1 is 1.16 bits per heavy atom. The standard InChI is InChI=1S/C15H14N2O2/c1-3-19-15-14(18-2)9-8-13(17-15)12-6-4-11(10-16)5-7-12/h4-9H,3H2,1-2H3. The van der Waals surface area contributed by atoms with Gasteiger partial charge in [-0.25, -0.2) is 4.98 Å². The Kier molecular flexibility index (Phi) is 3.99. The van der Waals surface area contributed by atoms with Gasteiger partial charge >= 0.3 is 0 Å². The fourth-order valence-electron chi connectivity index (χ4n) is 1.70. The lowest BCUT2D eigenvalue weighted by molar-refractivity contribution is 0.299. The number of rotatable bonds is 4. The largest absolute Gasteiger partial charge is 0.491 e. The molecule has 0 bridgehead atoms. The average Bonchev–Trinajstić information content (AvgIpc) is 2.47. The van der Waals surface area contributed by atoms with Crippen LogP contribution in [0.1, 0.15) is 12.5 Å². The number of benzene rings is 1. The van der Waals surface area contributed by atoms with Gasteiger partial charge in [0.1, 0.15) is 0 Å². The molecule has 0 spiro atoms. The fourth-order valence-corrected chi connectivity index (χ4v) is 1.70. The topological polar surface area (TPSA) is 55.1 Å². The van der Waals surface area contributed by atoms with Crippen LogP contribution < -0.4 is 9.47 Å². The minimum Gasteiger partial charge on any atom is -0.491 e. The highest BCUT2D eigenvalue weighted by molar-refractivity contribution is 5.62. The van der Waals surface area contributed by atoms with Gasteiger partial charge in [0, 0.05) is 5.56 Å².